The highest BCUT2D eigenvalue weighted by molar-refractivity contribution is 5.86. The summed E-state index contributed by atoms with van der Waals surface area (Å²) in [4.78, 5) is 14.7. The average molecular weight is 379 g/mol. The fourth-order valence-electron chi connectivity index (χ4n) is 4.34. The number of rotatable bonds is 3. The number of benzene rings is 2. The smallest absolute Gasteiger partial charge is 0.339 e. The van der Waals surface area contributed by atoms with Gasteiger partial charge in [0.25, 0.3) is 0 Å². The van der Waals surface area contributed by atoms with E-state index >= 15 is 0 Å². The molecule has 0 saturated carbocycles. The van der Waals surface area contributed by atoms with E-state index in [0.29, 0.717) is 18.9 Å². The number of ether oxygens (including phenoxy) is 1. The van der Waals surface area contributed by atoms with Gasteiger partial charge in [-0.1, -0.05) is 12.1 Å². The van der Waals surface area contributed by atoms with E-state index in [1.54, 1.807) is 0 Å². The van der Waals surface area contributed by atoms with Gasteiger partial charge in [0.15, 0.2) is 0 Å². The predicted octanol–water partition coefficient (Wildman–Crippen LogP) is 4.21. The second-order valence-electron chi connectivity index (χ2n) is 7.68. The number of nitrogens with zero attached hydrogens (tertiary/aromatic N) is 1. The van der Waals surface area contributed by atoms with Crippen molar-refractivity contribution in [1.82, 2.24) is 4.90 Å². The Hall–Kier alpha value is -2.66. The van der Waals surface area contributed by atoms with Crippen molar-refractivity contribution >= 4 is 11.0 Å². The molecule has 0 fully saturated rings. The molecule has 1 aromatic heterocycles. The summed E-state index contributed by atoms with van der Waals surface area (Å²) < 4.78 is 24.8. The molecule has 0 atom stereocenters. The number of fused-ring (bicyclic) bond motifs is 5. The molecule has 144 valence electrons. The maximum atomic E-state index is 13.1. The molecule has 0 spiro atoms. The summed E-state index contributed by atoms with van der Waals surface area (Å²) in [6.07, 6.45) is 4.72. The van der Waals surface area contributed by atoms with Gasteiger partial charge in [0.2, 0.25) is 0 Å². The van der Waals surface area contributed by atoms with Crippen molar-refractivity contribution in [2.45, 2.75) is 38.6 Å². The third kappa shape index (κ3) is 3.10. The number of hydrogen-bond donors (Lipinski definition) is 0. The first-order valence-electron chi connectivity index (χ1n) is 9.89. The first kappa shape index (κ1) is 17.4. The monoisotopic (exact) mass is 379 g/mol. The Kier molecular flexibility index (Phi) is 4.40. The summed E-state index contributed by atoms with van der Waals surface area (Å²) in [6, 6.07) is 10.6. The fraction of sp³-hybridized carbons (Fsp3) is 0.348. The quantitative estimate of drug-likeness (QED) is 0.640. The maximum absolute atomic E-state index is 13.1. The molecular weight excluding hydrogens is 357 g/mol. The minimum atomic E-state index is -0.219. The summed E-state index contributed by atoms with van der Waals surface area (Å²) in [5.74, 6) is 0.577. The molecule has 2 aromatic carbocycles. The van der Waals surface area contributed by atoms with Crippen LogP contribution >= 0.6 is 0 Å². The molecule has 5 heteroatoms. The second kappa shape index (κ2) is 7.06. The van der Waals surface area contributed by atoms with Gasteiger partial charge in [0.05, 0.1) is 5.56 Å². The van der Waals surface area contributed by atoms with Gasteiger partial charge in [0, 0.05) is 24.0 Å². The first-order chi connectivity index (χ1) is 13.7. The van der Waals surface area contributed by atoms with Crippen molar-refractivity contribution in [3.63, 3.8) is 0 Å². The van der Waals surface area contributed by atoms with Crippen LogP contribution in [0.2, 0.25) is 0 Å². The first-order valence-corrected chi connectivity index (χ1v) is 9.89. The lowest BCUT2D eigenvalue weighted by Crippen LogP contribution is -2.34. The Morgan fingerprint density at radius 2 is 1.75 bits per heavy atom. The molecule has 2 aliphatic rings. The zero-order valence-corrected chi connectivity index (χ0v) is 15.7. The van der Waals surface area contributed by atoms with Crippen LogP contribution in [0.3, 0.4) is 0 Å². The topological polar surface area (TPSA) is 42.7 Å². The van der Waals surface area contributed by atoms with Crippen molar-refractivity contribution in [2.75, 3.05) is 13.3 Å². The van der Waals surface area contributed by atoms with Crippen LogP contribution in [0, 0.1) is 5.82 Å². The van der Waals surface area contributed by atoms with Crippen LogP contribution < -0.4 is 10.4 Å². The van der Waals surface area contributed by atoms with E-state index in [1.165, 1.54) is 12.1 Å². The lowest BCUT2D eigenvalue weighted by Gasteiger charge is -2.29. The maximum Gasteiger partial charge on any atom is 0.339 e. The van der Waals surface area contributed by atoms with Crippen molar-refractivity contribution < 1.29 is 13.5 Å². The van der Waals surface area contributed by atoms with Crippen LogP contribution in [0.15, 0.2) is 45.6 Å². The molecule has 1 aliphatic carbocycles. The van der Waals surface area contributed by atoms with Gasteiger partial charge in [-0.3, -0.25) is 4.90 Å². The van der Waals surface area contributed by atoms with Crippen LogP contribution in [0.25, 0.3) is 11.0 Å². The van der Waals surface area contributed by atoms with E-state index in [2.05, 4.69) is 4.90 Å². The van der Waals surface area contributed by atoms with Gasteiger partial charge in [-0.15, -0.1) is 0 Å². The standard InChI is InChI=1S/C23H22FNO3/c24-16-7-5-15(6-8-16)11-12-25-13-20-21(27-14-25)10-9-18-17-3-1-2-4-19(17)23(26)28-22(18)20/h5-10H,1-4,11-14H2. The summed E-state index contributed by atoms with van der Waals surface area (Å²) in [7, 11) is 0. The zero-order chi connectivity index (χ0) is 19.1. The van der Waals surface area contributed by atoms with Crippen LogP contribution in [-0.2, 0) is 25.8 Å². The van der Waals surface area contributed by atoms with Crippen LogP contribution in [0.5, 0.6) is 5.75 Å². The molecule has 0 N–H and O–H groups in total. The molecule has 4 nitrogen and oxygen atoms in total. The molecule has 1 aliphatic heterocycles. The minimum Gasteiger partial charge on any atom is -0.478 e. The van der Waals surface area contributed by atoms with E-state index in [1.807, 2.05) is 24.3 Å². The average Bonchev–Trinajstić information content (AvgIpc) is 2.73. The van der Waals surface area contributed by atoms with Crippen LogP contribution in [0.1, 0.15) is 35.1 Å². The zero-order valence-electron chi connectivity index (χ0n) is 15.7. The summed E-state index contributed by atoms with van der Waals surface area (Å²) in [6.45, 7) is 1.96. The van der Waals surface area contributed by atoms with Crippen molar-refractivity contribution in [3.8, 4) is 5.75 Å². The third-order valence-electron chi connectivity index (χ3n) is 5.87. The molecule has 0 amide bonds. The Morgan fingerprint density at radius 3 is 2.57 bits per heavy atom. The fourth-order valence-corrected chi connectivity index (χ4v) is 4.34. The van der Waals surface area contributed by atoms with Gasteiger partial charge in [-0.05, 0) is 67.5 Å². The summed E-state index contributed by atoms with van der Waals surface area (Å²) >= 11 is 0. The highest BCUT2D eigenvalue weighted by atomic mass is 19.1. The Labute approximate surface area is 162 Å². The Balaban J connectivity index is 1.44. The second-order valence-corrected chi connectivity index (χ2v) is 7.68. The summed E-state index contributed by atoms with van der Waals surface area (Å²) in [5, 5.41) is 1.05. The van der Waals surface area contributed by atoms with Crippen LogP contribution in [0.4, 0.5) is 4.39 Å². The van der Waals surface area contributed by atoms with Crippen molar-refractivity contribution in [3.05, 3.63) is 74.9 Å². The molecule has 2 heterocycles. The molecular formula is C23H22FNO3. The van der Waals surface area contributed by atoms with E-state index in [4.69, 9.17) is 9.15 Å². The van der Waals surface area contributed by atoms with Gasteiger partial charge in [-0.25, -0.2) is 9.18 Å². The van der Waals surface area contributed by atoms with E-state index < -0.39 is 0 Å². The molecule has 5 rings (SSSR count). The third-order valence-corrected chi connectivity index (χ3v) is 5.87. The predicted molar refractivity (Wildman–Crippen MR) is 105 cm³/mol. The molecule has 0 bridgehead atoms. The summed E-state index contributed by atoms with van der Waals surface area (Å²) in [5.41, 5.74) is 4.53. The van der Waals surface area contributed by atoms with Crippen molar-refractivity contribution in [1.29, 1.82) is 0 Å². The molecule has 0 saturated heterocycles. The van der Waals surface area contributed by atoms with Crippen LogP contribution in [-0.4, -0.2) is 18.2 Å². The number of halogens is 1. The highest BCUT2D eigenvalue weighted by Crippen LogP contribution is 2.35. The van der Waals surface area contributed by atoms with Gasteiger partial charge < -0.3 is 9.15 Å². The van der Waals surface area contributed by atoms with Gasteiger partial charge in [-0.2, -0.15) is 0 Å². The van der Waals surface area contributed by atoms with E-state index in [9.17, 15) is 9.18 Å². The molecule has 28 heavy (non-hydrogen) atoms. The number of aryl methyl sites for hydroxylation is 1. The largest absolute Gasteiger partial charge is 0.478 e. The lowest BCUT2D eigenvalue weighted by atomic mass is 9.90. The molecule has 3 aromatic rings. The Bertz CT molecular complexity index is 1090. The van der Waals surface area contributed by atoms with Crippen molar-refractivity contribution in [2.24, 2.45) is 0 Å². The Morgan fingerprint density at radius 1 is 0.964 bits per heavy atom. The highest BCUT2D eigenvalue weighted by Gasteiger charge is 2.25. The molecule has 0 unspecified atom stereocenters. The van der Waals surface area contributed by atoms with E-state index in [-0.39, 0.29) is 11.4 Å². The normalized spacial score (nSPS) is 16.5. The SMILES string of the molecule is O=c1oc2c3c(ccc2c2c1CCCC2)OCN(CCc1ccc(F)cc1)C3. The van der Waals surface area contributed by atoms with E-state index in [0.717, 1.165) is 72.0 Å². The minimum absolute atomic E-state index is 0.195. The van der Waals surface area contributed by atoms with Gasteiger partial charge >= 0.3 is 5.63 Å². The lowest BCUT2D eigenvalue weighted by molar-refractivity contribution is 0.0967. The number of hydrogen-bond acceptors (Lipinski definition) is 4. The molecule has 0 radical (unpaired) electrons. The van der Waals surface area contributed by atoms with Gasteiger partial charge in [0.1, 0.15) is 23.9 Å².